The quantitative estimate of drug-likeness (QED) is 0.858. The lowest BCUT2D eigenvalue weighted by molar-refractivity contribution is -0.139. The fourth-order valence-electron chi connectivity index (χ4n) is 3.18. The third-order valence-electron chi connectivity index (χ3n) is 4.58. The van der Waals surface area contributed by atoms with Gasteiger partial charge in [-0.15, -0.1) is 0 Å². The molecule has 0 saturated carbocycles. The van der Waals surface area contributed by atoms with Crippen molar-refractivity contribution in [3.8, 4) is 17.0 Å². The van der Waals surface area contributed by atoms with Crippen molar-refractivity contribution in [2.24, 2.45) is 0 Å². The molecule has 6 nitrogen and oxygen atoms in total. The predicted molar refractivity (Wildman–Crippen MR) is 100 cm³/mol. The maximum Gasteiger partial charge on any atom is 0.341 e. The number of ether oxygens (including phenoxy) is 1. The molecule has 1 aliphatic heterocycles. The summed E-state index contributed by atoms with van der Waals surface area (Å²) in [7, 11) is 2.15. The van der Waals surface area contributed by atoms with Gasteiger partial charge in [-0.25, -0.2) is 4.79 Å². The average molecular weight is 355 g/mol. The van der Waals surface area contributed by atoms with Crippen LogP contribution in [0.2, 0.25) is 0 Å². The number of likely N-dealkylation sites (N-methyl/N-ethyl adjacent to an activating group) is 1. The summed E-state index contributed by atoms with van der Waals surface area (Å²) < 4.78 is 5.53. The summed E-state index contributed by atoms with van der Waals surface area (Å²) in [5, 5.41) is 8.94. The fraction of sp³-hybridized carbons (Fsp3) is 0.400. The Hall–Kier alpha value is -2.44. The highest BCUT2D eigenvalue weighted by Crippen LogP contribution is 2.27. The smallest absolute Gasteiger partial charge is 0.341 e. The largest absolute Gasteiger partial charge is 0.482 e. The van der Waals surface area contributed by atoms with Crippen molar-refractivity contribution in [1.82, 2.24) is 14.8 Å². The number of hydrogen-bond donors (Lipinski definition) is 1. The van der Waals surface area contributed by atoms with Crippen LogP contribution in [0.1, 0.15) is 12.0 Å². The number of hydrogen-bond acceptors (Lipinski definition) is 5. The number of carboxylic acid groups (broad SMARTS) is 1. The number of nitrogens with zero attached hydrogens (tertiary/aromatic N) is 3. The van der Waals surface area contributed by atoms with Gasteiger partial charge in [-0.3, -0.25) is 9.88 Å². The van der Waals surface area contributed by atoms with Gasteiger partial charge in [-0.2, -0.15) is 0 Å². The normalized spacial score (nSPS) is 16.2. The highest BCUT2D eigenvalue weighted by Gasteiger charge is 2.16. The van der Waals surface area contributed by atoms with Crippen LogP contribution in [-0.4, -0.2) is 65.7 Å². The van der Waals surface area contributed by atoms with Crippen LogP contribution < -0.4 is 4.74 Å². The SMILES string of the molecule is CN1CCCN(Cc2cc(-c3ccccn3)ccc2OCC(=O)O)CC1. The van der Waals surface area contributed by atoms with E-state index in [1.807, 2.05) is 30.3 Å². The first-order valence-corrected chi connectivity index (χ1v) is 8.91. The number of rotatable bonds is 6. The van der Waals surface area contributed by atoms with Crippen molar-refractivity contribution in [1.29, 1.82) is 0 Å². The molecule has 3 rings (SSSR count). The lowest BCUT2D eigenvalue weighted by atomic mass is 10.1. The molecule has 1 aromatic heterocycles. The van der Waals surface area contributed by atoms with Gasteiger partial charge in [0, 0.05) is 37.0 Å². The van der Waals surface area contributed by atoms with E-state index in [9.17, 15) is 4.79 Å². The van der Waals surface area contributed by atoms with Crippen LogP contribution in [0.15, 0.2) is 42.6 Å². The van der Waals surface area contributed by atoms with Crippen molar-refractivity contribution in [2.45, 2.75) is 13.0 Å². The lowest BCUT2D eigenvalue weighted by Crippen LogP contribution is -2.28. The average Bonchev–Trinajstić information content (AvgIpc) is 2.85. The van der Waals surface area contributed by atoms with E-state index < -0.39 is 5.97 Å². The second kappa shape index (κ2) is 8.78. The molecule has 0 amide bonds. The van der Waals surface area contributed by atoms with Gasteiger partial charge in [0.1, 0.15) is 5.75 Å². The van der Waals surface area contributed by atoms with Crippen LogP contribution in [0, 0.1) is 0 Å². The first-order chi connectivity index (χ1) is 12.6. The Kier molecular flexibility index (Phi) is 6.20. The summed E-state index contributed by atoms with van der Waals surface area (Å²) in [5.74, 6) is -0.342. The van der Waals surface area contributed by atoms with Crippen LogP contribution in [0.4, 0.5) is 0 Å². The van der Waals surface area contributed by atoms with Crippen molar-refractivity contribution >= 4 is 5.97 Å². The summed E-state index contributed by atoms with van der Waals surface area (Å²) >= 11 is 0. The third kappa shape index (κ3) is 5.03. The van der Waals surface area contributed by atoms with E-state index in [4.69, 9.17) is 9.84 Å². The van der Waals surface area contributed by atoms with E-state index in [-0.39, 0.29) is 6.61 Å². The highest BCUT2D eigenvalue weighted by atomic mass is 16.5. The molecule has 0 bridgehead atoms. The monoisotopic (exact) mass is 355 g/mol. The zero-order valence-corrected chi connectivity index (χ0v) is 15.1. The van der Waals surface area contributed by atoms with E-state index in [1.165, 1.54) is 0 Å². The summed E-state index contributed by atoms with van der Waals surface area (Å²) in [5.41, 5.74) is 2.91. The summed E-state index contributed by atoms with van der Waals surface area (Å²) in [4.78, 5) is 20.0. The number of benzene rings is 1. The molecule has 0 radical (unpaired) electrons. The molecule has 2 aromatic rings. The summed E-state index contributed by atoms with van der Waals surface area (Å²) in [6, 6.07) is 11.7. The fourth-order valence-corrected chi connectivity index (χ4v) is 3.18. The van der Waals surface area contributed by atoms with Gasteiger partial charge in [-0.1, -0.05) is 6.07 Å². The van der Waals surface area contributed by atoms with E-state index in [1.54, 1.807) is 6.20 Å². The second-order valence-electron chi connectivity index (χ2n) is 6.65. The molecule has 0 spiro atoms. The van der Waals surface area contributed by atoms with E-state index in [0.29, 0.717) is 5.75 Å². The van der Waals surface area contributed by atoms with Crippen LogP contribution >= 0.6 is 0 Å². The third-order valence-corrected chi connectivity index (χ3v) is 4.58. The molecule has 6 heteroatoms. The molecule has 138 valence electrons. The van der Waals surface area contributed by atoms with E-state index >= 15 is 0 Å². The number of carboxylic acids is 1. The molecule has 0 unspecified atom stereocenters. The van der Waals surface area contributed by atoms with Gasteiger partial charge < -0.3 is 14.7 Å². The van der Waals surface area contributed by atoms with E-state index in [2.05, 4.69) is 27.9 Å². The van der Waals surface area contributed by atoms with Gasteiger partial charge in [0.25, 0.3) is 0 Å². The zero-order chi connectivity index (χ0) is 18.4. The lowest BCUT2D eigenvalue weighted by Gasteiger charge is -2.22. The number of aliphatic carboxylic acids is 1. The molecule has 1 aliphatic rings. The second-order valence-corrected chi connectivity index (χ2v) is 6.65. The van der Waals surface area contributed by atoms with E-state index in [0.717, 1.165) is 56.0 Å². The molecule has 1 aromatic carbocycles. The van der Waals surface area contributed by atoms with Gasteiger partial charge in [0.05, 0.1) is 5.69 Å². The van der Waals surface area contributed by atoms with Crippen LogP contribution in [-0.2, 0) is 11.3 Å². The zero-order valence-electron chi connectivity index (χ0n) is 15.1. The maximum absolute atomic E-state index is 10.9. The Balaban J connectivity index is 1.84. The van der Waals surface area contributed by atoms with Gasteiger partial charge in [0.15, 0.2) is 6.61 Å². The number of aromatic nitrogens is 1. The Morgan fingerprint density at radius 1 is 1.19 bits per heavy atom. The van der Waals surface area contributed by atoms with Crippen molar-refractivity contribution in [2.75, 3.05) is 39.8 Å². The predicted octanol–water partition coefficient (Wildman–Crippen LogP) is 2.35. The minimum absolute atomic E-state index is 0.335. The molecular formula is C20H25N3O3. The molecule has 1 fully saturated rings. The van der Waals surface area contributed by atoms with Crippen molar-refractivity contribution < 1.29 is 14.6 Å². The first-order valence-electron chi connectivity index (χ1n) is 8.91. The van der Waals surface area contributed by atoms with Crippen LogP contribution in [0.5, 0.6) is 5.75 Å². The molecule has 1 N–H and O–H groups in total. The Labute approximate surface area is 154 Å². The standard InChI is InChI=1S/C20H25N3O3/c1-22-9-4-10-23(12-11-22)14-17-13-16(18-5-2-3-8-21-18)6-7-19(17)26-15-20(24)25/h2-3,5-8,13H,4,9-12,14-15H2,1H3,(H,24,25). The number of carbonyl (C=O) groups is 1. The van der Waals surface area contributed by atoms with Gasteiger partial charge in [0.2, 0.25) is 0 Å². The molecule has 0 aliphatic carbocycles. The minimum Gasteiger partial charge on any atom is -0.482 e. The Morgan fingerprint density at radius 3 is 2.85 bits per heavy atom. The molecule has 0 atom stereocenters. The van der Waals surface area contributed by atoms with Crippen molar-refractivity contribution in [3.05, 3.63) is 48.2 Å². The van der Waals surface area contributed by atoms with Crippen LogP contribution in [0.3, 0.4) is 0 Å². The minimum atomic E-state index is -0.971. The molecule has 1 saturated heterocycles. The highest BCUT2D eigenvalue weighted by molar-refractivity contribution is 5.69. The first kappa shape index (κ1) is 18.4. The number of pyridine rings is 1. The van der Waals surface area contributed by atoms with Crippen LogP contribution in [0.25, 0.3) is 11.3 Å². The van der Waals surface area contributed by atoms with Gasteiger partial charge >= 0.3 is 5.97 Å². The summed E-state index contributed by atoms with van der Waals surface area (Å²) in [6.45, 7) is 4.56. The molecule has 2 heterocycles. The van der Waals surface area contributed by atoms with Crippen molar-refractivity contribution in [3.63, 3.8) is 0 Å². The molecular weight excluding hydrogens is 330 g/mol. The maximum atomic E-state index is 10.9. The molecule has 26 heavy (non-hydrogen) atoms. The topological polar surface area (TPSA) is 65.9 Å². The Bertz CT molecular complexity index is 736. The van der Waals surface area contributed by atoms with Gasteiger partial charge in [-0.05, 0) is 56.9 Å². The summed E-state index contributed by atoms with van der Waals surface area (Å²) in [6.07, 6.45) is 2.90. The Morgan fingerprint density at radius 2 is 2.08 bits per heavy atom.